The molecule has 0 saturated carbocycles. The van der Waals surface area contributed by atoms with E-state index in [1.807, 2.05) is 0 Å². The van der Waals surface area contributed by atoms with Gasteiger partial charge in [0.25, 0.3) is 5.56 Å². The van der Waals surface area contributed by atoms with Crippen LogP contribution in [0.3, 0.4) is 0 Å². The summed E-state index contributed by atoms with van der Waals surface area (Å²) in [4.78, 5) is 19.9. The van der Waals surface area contributed by atoms with Crippen LogP contribution in [0.25, 0.3) is 0 Å². The van der Waals surface area contributed by atoms with E-state index in [2.05, 4.69) is 9.97 Å². The van der Waals surface area contributed by atoms with Crippen LogP contribution in [0.5, 0.6) is 0 Å². The van der Waals surface area contributed by atoms with Crippen molar-refractivity contribution in [1.29, 1.82) is 0 Å². The number of hydrogen-bond donors (Lipinski definition) is 1. The van der Waals surface area contributed by atoms with Gasteiger partial charge < -0.3 is 0 Å². The highest BCUT2D eigenvalue weighted by molar-refractivity contribution is 7.90. The third-order valence-electron chi connectivity index (χ3n) is 3.97. The Hall–Kier alpha value is -2.20. The first kappa shape index (κ1) is 17.6. The highest BCUT2D eigenvalue weighted by Crippen LogP contribution is 2.20. The number of hydrogen-bond acceptors (Lipinski definition) is 5. The Morgan fingerprint density at radius 1 is 1.20 bits per heavy atom. The second-order valence-corrected chi connectivity index (χ2v) is 7.82. The number of aromatic nitrogens is 2. The Morgan fingerprint density at radius 3 is 2.56 bits per heavy atom. The van der Waals surface area contributed by atoms with Gasteiger partial charge in [-0.15, -0.1) is 0 Å². The summed E-state index contributed by atoms with van der Waals surface area (Å²) in [6.45, 7) is 0.444. The molecule has 25 heavy (non-hydrogen) atoms. The molecule has 0 unspecified atom stereocenters. The van der Waals surface area contributed by atoms with Crippen LogP contribution in [0, 0.1) is 17.5 Å². The molecule has 0 radical (unpaired) electrons. The van der Waals surface area contributed by atoms with E-state index in [-0.39, 0.29) is 30.8 Å². The molecule has 2 aromatic rings. The number of fused-ring (bicyclic) bond motifs is 1. The Kier molecular flexibility index (Phi) is 4.41. The third kappa shape index (κ3) is 3.59. The van der Waals surface area contributed by atoms with Gasteiger partial charge >= 0.3 is 0 Å². The predicted molar refractivity (Wildman–Crippen MR) is 82.1 cm³/mol. The van der Waals surface area contributed by atoms with E-state index in [1.165, 1.54) is 0 Å². The normalized spacial score (nSPS) is 15.2. The fourth-order valence-corrected chi connectivity index (χ4v) is 3.26. The number of benzene rings is 1. The van der Waals surface area contributed by atoms with Gasteiger partial charge in [0.05, 0.1) is 5.69 Å². The van der Waals surface area contributed by atoms with E-state index < -0.39 is 38.0 Å². The van der Waals surface area contributed by atoms with Crippen molar-refractivity contribution in [2.75, 3.05) is 12.8 Å². The number of nitrogens with one attached hydrogen (secondary N) is 1. The first-order valence-electron chi connectivity index (χ1n) is 7.33. The van der Waals surface area contributed by atoms with Crippen LogP contribution < -0.4 is 5.56 Å². The first-order chi connectivity index (χ1) is 11.6. The first-order valence-corrected chi connectivity index (χ1v) is 9.22. The molecular formula is C15H14F3N3O3S. The van der Waals surface area contributed by atoms with Crippen LogP contribution in [-0.2, 0) is 29.3 Å². The smallest absolute Gasteiger partial charge is 0.255 e. The number of halogens is 3. The molecule has 10 heteroatoms. The Balaban J connectivity index is 1.90. The molecule has 0 aliphatic carbocycles. The summed E-state index contributed by atoms with van der Waals surface area (Å²) >= 11 is 0. The number of sulfone groups is 1. The third-order valence-corrected chi connectivity index (χ3v) is 4.86. The van der Waals surface area contributed by atoms with Crippen molar-refractivity contribution in [3.05, 3.63) is 56.8 Å². The molecule has 3 rings (SSSR count). The van der Waals surface area contributed by atoms with Gasteiger partial charge in [-0.3, -0.25) is 14.7 Å². The van der Waals surface area contributed by atoms with Gasteiger partial charge in [0.15, 0.2) is 11.6 Å². The van der Waals surface area contributed by atoms with Crippen molar-refractivity contribution < 1.29 is 21.6 Å². The number of rotatable bonds is 3. The fourth-order valence-electron chi connectivity index (χ4n) is 2.71. The molecule has 2 heterocycles. The highest BCUT2D eigenvalue weighted by Gasteiger charge is 2.24. The molecule has 1 aromatic carbocycles. The lowest BCUT2D eigenvalue weighted by molar-refractivity contribution is 0.235. The van der Waals surface area contributed by atoms with Gasteiger partial charge in [0.1, 0.15) is 5.82 Å². The second-order valence-electron chi connectivity index (χ2n) is 5.89. The molecule has 0 amide bonds. The second kappa shape index (κ2) is 6.26. The van der Waals surface area contributed by atoms with Gasteiger partial charge in [-0.05, 0) is 12.5 Å². The topological polar surface area (TPSA) is 83.1 Å². The maximum absolute atomic E-state index is 13.8. The van der Waals surface area contributed by atoms with Crippen molar-refractivity contribution >= 4 is 9.84 Å². The minimum Gasteiger partial charge on any atom is -0.297 e. The van der Waals surface area contributed by atoms with Crippen LogP contribution in [0.15, 0.2) is 22.1 Å². The van der Waals surface area contributed by atoms with Crippen LogP contribution in [0.1, 0.15) is 16.8 Å². The summed E-state index contributed by atoms with van der Waals surface area (Å²) < 4.78 is 63.3. The monoisotopic (exact) mass is 373 g/mol. The van der Waals surface area contributed by atoms with Gasteiger partial charge in [-0.2, -0.15) is 0 Å². The molecule has 0 saturated heterocycles. The Bertz CT molecular complexity index is 1010. The Morgan fingerprint density at radius 2 is 1.88 bits per heavy atom. The summed E-state index contributed by atoms with van der Waals surface area (Å²) in [5, 5.41) is -0.433. The maximum Gasteiger partial charge on any atom is 0.255 e. The number of nitrogens with zero attached hydrogens (tertiary/aromatic N) is 2. The molecule has 1 aromatic heterocycles. The van der Waals surface area contributed by atoms with Gasteiger partial charge in [0.2, 0.25) is 15.0 Å². The average molecular weight is 373 g/mol. The largest absolute Gasteiger partial charge is 0.297 e. The van der Waals surface area contributed by atoms with Crippen LogP contribution >= 0.6 is 0 Å². The van der Waals surface area contributed by atoms with Crippen molar-refractivity contribution in [3.63, 3.8) is 0 Å². The predicted octanol–water partition coefficient (Wildman–Crippen LogP) is 1.15. The summed E-state index contributed by atoms with van der Waals surface area (Å²) in [6, 6.07) is 1.26. The molecule has 0 spiro atoms. The standard InChI is InChI=1S/C15H14F3N3O3S/c1-25(23,24)15-19-13-7-21(3-2-9(13)14(22)20-15)6-8-4-11(17)12(18)5-10(8)16/h4-5H,2-3,6-7H2,1H3,(H,19,20,22). The molecule has 0 fully saturated rings. The van der Waals surface area contributed by atoms with Crippen LogP contribution in [0.4, 0.5) is 13.2 Å². The molecular weight excluding hydrogens is 359 g/mol. The molecule has 1 N–H and O–H groups in total. The van der Waals surface area contributed by atoms with Crippen molar-refractivity contribution in [3.8, 4) is 0 Å². The minimum absolute atomic E-state index is 0.0227. The molecule has 0 atom stereocenters. The minimum atomic E-state index is -3.69. The van der Waals surface area contributed by atoms with Gasteiger partial charge in [0, 0.05) is 43.1 Å². The van der Waals surface area contributed by atoms with E-state index in [0.717, 1.165) is 12.3 Å². The summed E-state index contributed by atoms with van der Waals surface area (Å²) in [6.07, 6.45) is 1.21. The summed E-state index contributed by atoms with van der Waals surface area (Å²) in [5.41, 5.74) is 0.0902. The Labute approximate surface area is 141 Å². The zero-order chi connectivity index (χ0) is 18.4. The van der Waals surface area contributed by atoms with Gasteiger partial charge in [-0.25, -0.2) is 26.6 Å². The maximum atomic E-state index is 13.8. The zero-order valence-electron chi connectivity index (χ0n) is 13.1. The van der Waals surface area contributed by atoms with E-state index in [1.54, 1.807) is 4.90 Å². The highest BCUT2D eigenvalue weighted by atomic mass is 32.2. The molecule has 1 aliphatic rings. The lowest BCUT2D eigenvalue weighted by atomic mass is 10.1. The molecule has 134 valence electrons. The molecule has 1 aliphatic heterocycles. The van der Waals surface area contributed by atoms with E-state index in [4.69, 9.17) is 0 Å². The van der Waals surface area contributed by atoms with E-state index >= 15 is 0 Å². The number of aromatic amines is 1. The molecule has 6 nitrogen and oxygen atoms in total. The summed E-state index contributed by atoms with van der Waals surface area (Å²) in [7, 11) is -3.69. The SMILES string of the molecule is CS(=O)(=O)c1nc2c(c(=O)[nH]1)CCN(Cc1cc(F)c(F)cc1F)C2. The fraction of sp³-hybridized carbons (Fsp3) is 0.333. The van der Waals surface area contributed by atoms with Crippen LogP contribution in [-0.4, -0.2) is 36.1 Å². The zero-order valence-corrected chi connectivity index (χ0v) is 14.0. The van der Waals surface area contributed by atoms with Crippen LogP contribution in [0.2, 0.25) is 0 Å². The lowest BCUT2D eigenvalue weighted by Crippen LogP contribution is -2.36. The van der Waals surface area contributed by atoms with Crippen molar-refractivity contribution in [2.24, 2.45) is 0 Å². The average Bonchev–Trinajstić information content (AvgIpc) is 2.51. The van der Waals surface area contributed by atoms with E-state index in [0.29, 0.717) is 18.2 Å². The van der Waals surface area contributed by atoms with Crippen molar-refractivity contribution in [1.82, 2.24) is 14.9 Å². The van der Waals surface area contributed by atoms with E-state index in [9.17, 15) is 26.4 Å². The lowest BCUT2D eigenvalue weighted by Gasteiger charge is -2.27. The van der Waals surface area contributed by atoms with Crippen molar-refractivity contribution in [2.45, 2.75) is 24.7 Å². The quantitative estimate of drug-likeness (QED) is 0.645. The number of H-pyrrole nitrogens is 1. The molecule has 0 bridgehead atoms. The van der Waals surface area contributed by atoms with Gasteiger partial charge in [-0.1, -0.05) is 0 Å². The summed E-state index contributed by atoms with van der Waals surface area (Å²) in [5.74, 6) is -3.29.